The molecule has 3 N–H and O–H groups in total. The number of hydrogen-bond acceptors (Lipinski definition) is 6. The number of hydrogen-bond donors (Lipinski definition) is 3. The number of thiophene rings is 1. The van der Waals surface area contributed by atoms with E-state index in [1.807, 2.05) is 18.5 Å². The van der Waals surface area contributed by atoms with Crippen LogP contribution in [0, 0.1) is 5.92 Å². The monoisotopic (exact) mass is 280 g/mol. The molecule has 6 heteroatoms. The maximum Gasteiger partial charge on any atom is 0.225 e. The Labute approximate surface area is 117 Å². The van der Waals surface area contributed by atoms with Crippen molar-refractivity contribution >= 4 is 33.3 Å². The minimum atomic E-state index is 0.236. The molecule has 0 radical (unpaired) electrons. The van der Waals surface area contributed by atoms with Crippen molar-refractivity contribution in [3.63, 3.8) is 0 Å². The van der Waals surface area contributed by atoms with Crippen LogP contribution < -0.4 is 10.6 Å². The molecule has 1 unspecified atom stereocenters. The van der Waals surface area contributed by atoms with E-state index in [1.165, 1.54) is 0 Å². The molecule has 2 heterocycles. The van der Waals surface area contributed by atoms with Crippen LogP contribution in [0.3, 0.4) is 0 Å². The van der Waals surface area contributed by atoms with Crippen molar-refractivity contribution in [3.05, 3.63) is 11.4 Å². The number of nitrogens with zero attached hydrogens (tertiary/aromatic N) is 2. The lowest BCUT2D eigenvalue weighted by Gasteiger charge is -2.15. The van der Waals surface area contributed by atoms with E-state index in [0.717, 1.165) is 35.4 Å². The lowest BCUT2D eigenvalue weighted by atomic mass is 10.0. The van der Waals surface area contributed by atoms with Gasteiger partial charge in [-0.1, -0.05) is 13.3 Å². The summed E-state index contributed by atoms with van der Waals surface area (Å²) in [5, 5.41) is 18.5. The number of aliphatic hydroxyl groups excluding tert-OH is 1. The second-order valence-electron chi connectivity index (χ2n) is 4.45. The average molecular weight is 280 g/mol. The first kappa shape index (κ1) is 14.0. The molecule has 0 amide bonds. The van der Waals surface area contributed by atoms with Gasteiger partial charge in [-0.05, 0) is 23.8 Å². The maximum atomic E-state index is 9.02. The third-order valence-electron chi connectivity index (χ3n) is 3.22. The van der Waals surface area contributed by atoms with Gasteiger partial charge < -0.3 is 15.7 Å². The molecule has 0 spiro atoms. The molecule has 5 nitrogen and oxygen atoms in total. The summed E-state index contributed by atoms with van der Waals surface area (Å²) in [7, 11) is 1.82. The number of aromatic nitrogens is 2. The number of fused-ring (bicyclic) bond motifs is 1. The average Bonchev–Trinajstić information content (AvgIpc) is 2.91. The van der Waals surface area contributed by atoms with Gasteiger partial charge in [0.15, 0.2) is 0 Å². The van der Waals surface area contributed by atoms with Gasteiger partial charge in [0.05, 0.1) is 5.39 Å². The first-order valence-corrected chi connectivity index (χ1v) is 7.44. The highest BCUT2D eigenvalue weighted by Gasteiger charge is 2.10. The van der Waals surface area contributed by atoms with Crippen molar-refractivity contribution < 1.29 is 5.11 Å². The fourth-order valence-electron chi connectivity index (χ4n) is 1.98. The molecule has 0 aliphatic carbocycles. The van der Waals surface area contributed by atoms with Gasteiger partial charge in [0.2, 0.25) is 5.95 Å². The van der Waals surface area contributed by atoms with Gasteiger partial charge in [0.1, 0.15) is 10.6 Å². The zero-order valence-corrected chi connectivity index (χ0v) is 12.1. The van der Waals surface area contributed by atoms with Crippen LogP contribution in [0.5, 0.6) is 0 Å². The van der Waals surface area contributed by atoms with E-state index in [0.29, 0.717) is 11.9 Å². The first-order chi connectivity index (χ1) is 9.28. The highest BCUT2D eigenvalue weighted by Crippen LogP contribution is 2.26. The summed E-state index contributed by atoms with van der Waals surface area (Å²) in [4.78, 5) is 9.87. The number of rotatable bonds is 7. The fraction of sp³-hybridized carbons (Fsp3) is 0.538. The normalized spacial score (nSPS) is 12.6. The third kappa shape index (κ3) is 3.33. The Morgan fingerprint density at radius 3 is 2.95 bits per heavy atom. The minimum absolute atomic E-state index is 0.236. The first-order valence-electron chi connectivity index (χ1n) is 6.56. The van der Waals surface area contributed by atoms with Crippen molar-refractivity contribution in [1.29, 1.82) is 0 Å². The Hall–Kier alpha value is -1.40. The summed E-state index contributed by atoms with van der Waals surface area (Å²) in [6.45, 7) is 3.20. The van der Waals surface area contributed by atoms with Gasteiger partial charge in [-0.3, -0.25) is 0 Å². The van der Waals surface area contributed by atoms with E-state index in [2.05, 4.69) is 27.5 Å². The van der Waals surface area contributed by atoms with Crippen LogP contribution in [-0.4, -0.2) is 35.3 Å². The molecule has 1 atom stereocenters. The van der Waals surface area contributed by atoms with Crippen LogP contribution in [0.25, 0.3) is 10.2 Å². The highest BCUT2D eigenvalue weighted by molar-refractivity contribution is 7.16. The van der Waals surface area contributed by atoms with Crippen molar-refractivity contribution in [1.82, 2.24) is 9.97 Å². The lowest BCUT2D eigenvalue weighted by molar-refractivity contribution is 0.258. The second-order valence-corrected chi connectivity index (χ2v) is 5.35. The van der Waals surface area contributed by atoms with E-state index in [-0.39, 0.29) is 6.61 Å². The van der Waals surface area contributed by atoms with Crippen LogP contribution in [0.1, 0.15) is 19.8 Å². The van der Waals surface area contributed by atoms with Crippen LogP contribution in [-0.2, 0) is 0 Å². The number of anilines is 2. The summed E-state index contributed by atoms with van der Waals surface area (Å²) in [5.74, 6) is 1.96. The van der Waals surface area contributed by atoms with Gasteiger partial charge >= 0.3 is 0 Å². The summed E-state index contributed by atoms with van der Waals surface area (Å²) < 4.78 is 0. The van der Waals surface area contributed by atoms with E-state index in [9.17, 15) is 0 Å². The zero-order valence-electron chi connectivity index (χ0n) is 11.3. The van der Waals surface area contributed by atoms with Crippen molar-refractivity contribution in [2.75, 3.05) is 30.8 Å². The SMILES string of the molecule is CCC(CCO)CNc1nc(NC)nc2sccc12. The van der Waals surface area contributed by atoms with Crippen molar-refractivity contribution in [2.24, 2.45) is 5.92 Å². The molecule has 0 aromatic carbocycles. The quantitative estimate of drug-likeness (QED) is 0.727. The summed E-state index contributed by atoms with van der Waals surface area (Å²) in [6.07, 6.45) is 1.87. The molecule has 0 aliphatic heterocycles. The molecule has 2 aromatic heterocycles. The Morgan fingerprint density at radius 1 is 1.42 bits per heavy atom. The smallest absolute Gasteiger partial charge is 0.225 e. The molecule has 0 bridgehead atoms. The molecule has 0 fully saturated rings. The minimum Gasteiger partial charge on any atom is -0.396 e. The van der Waals surface area contributed by atoms with Gasteiger partial charge in [-0.25, -0.2) is 4.98 Å². The lowest BCUT2D eigenvalue weighted by Crippen LogP contribution is -2.16. The number of aliphatic hydroxyl groups is 1. The van der Waals surface area contributed by atoms with Crippen molar-refractivity contribution in [2.45, 2.75) is 19.8 Å². The molecule has 0 aliphatic rings. The fourth-order valence-corrected chi connectivity index (χ4v) is 2.74. The predicted molar refractivity (Wildman–Crippen MR) is 80.9 cm³/mol. The molecule has 2 aromatic rings. The van der Waals surface area contributed by atoms with E-state index >= 15 is 0 Å². The standard InChI is InChI=1S/C13H20N4OS/c1-3-9(4-6-18)8-15-11-10-5-7-19-12(10)17-13(14-2)16-11/h5,7,9,18H,3-4,6,8H2,1-2H3,(H2,14,15,16,17). The molecule has 19 heavy (non-hydrogen) atoms. The summed E-state index contributed by atoms with van der Waals surface area (Å²) in [6, 6.07) is 2.04. The van der Waals surface area contributed by atoms with Gasteiger partial charge in [0, 0.05) is 20.2 Å². The van der Waals surface area contributed by atoms with Crippen LogP contribution in [0.2, 0.25) is 0 Å². The second kappa shape index (κ2) is 6.68. The van der Waals surface area contributed by atoms with Crippen LogP contribution in [0.15, 0.2) is 11.4 Å². The largest absolute Gasteiger partial charge is 0.396 e. The van der Waals surface area contributed by atoms with E-state index in [1.54, 1.807) is 11.3 Å². The molecular formula is C13H20N4OS. The highest BCUT2D eigenvalue weighted by atomic mass is 32.1. The topological polar surface area (TPSA) is 70.1 Å². The Balaban J connectivity index is 2.16. The summed E-state index contributed by atoms with van der Waals surface area (Å²) >= 11 is 1.61. The van der Waals surface area contributed by atoms with Crippen LogP contribution in [0.4, 0.5) is 11.8 Å². The maximum absolute atomic E-state index is 9.02. The van der Waals surface area contributed by atoms with Crippen molar-refractivity contribution in [3.8, 4) is 0 Å². The molecular weight excluding hydrogens is 260 g/mol. The third-order valence-corrected chi connectivity index (χ3v) is 4.03. The Bertz CT molecular complexity index is 528. The van der Waals surface area contributed by atoms with E-state index < -0.39 is 0 Å². The Kier molecular flexibility index (Phi) is 4.93. The molecule has 104 valence electrons. The zero-order chi connectivity index (χ0) is 13.7. The van der Waals surface area contributed by atoms with Crippen LogP contribution >= 0.6 is 11.3 Å². The molecule has 2 rings (SSSR count). The van der Waals surface area contributed by atoms with Gasteiger partial charge in [0.25, 0.3) is 0 Å². The molecule has 0 saturated heterocycles. The van der Waals surface area contributed by atoms with Gasteiger partial charge in [-0.15, -0.1) is 11.3 Å². The number of nitrogens with one attached hydrogen (secondary N) is 2. The Morgan fingerprint density at radius 2 is 2.26 bits per heavy atom. The summed E-state index contributed by atoms with van der Waals surface area (Å²) in [5.41, 5.74) is 0. The molecule has 0 saturated carbocycles. The van der Waals surface area contributed by atoms with Gasteiger partial charge in [-0.2, -0.15) is 4.98 Å². The predicted octanol–water partition coefficient (Wildman–Crippen LogP) is 2.55. The van der Waals surface area contributed by atoms with E-state index in [4.69, 9.17) is 5.11 Å².